The van der Waals surface area contributed by atoms with E-state index in [1.807, 2.05) is 13.0 Å². The highest BCUT2D eigenvalue weighted by Gasteiger charge is 2.25. The predicted octanol–water partition coefficient (Wildman–Crippen LogP) is 4.22. The lowest BCUT2D eigenvalue weighted by atomic mass is 9.75. The van der Waals surface area contributed by atoms with Gasteiger partial charge in [-0.05, 0) is 61.3 Å². The van der Waals surface area contributed by atoms with Gasteiger partial charge in [-0.15, -0.1) is 0 Å². The number of nitrogens with two attached hydrogens (primary N) is 1. The third-order valence-electron chi connectivity index (χ3n) is 4.77. The van der Waals surface area contributed by atoms with Crippen LogP contribution in [0.2, 0.25) is 0 Å². The molecule has 0 spiro atoms. The first-order valence-electron chi connectivity index (χ1n) is 7.60. The van der Waals surface area contributed by atoms with Crippen molar-refractivity contribution >= 4 is 0 Å². The van der Waals surface area contributed by atoms with Crippen LogP contribution in [0, 0.1) is 24.6 Å². The SMILES string of the molecule is CCC1CCCC(C(N)Cc2cc(F)ccc2C)C1. The maximum atomic E-state index is 13.3. The van der Waals surface area contributed by atoms with E-state index in [9.17, 15) is 4.39 Å². The predicted molar refractivity (Wildman–Crippen MR) is 78.6 cm³/mol. The van der Waals surface area contributed by atoms with Crippen LogP contribution in [-0.4, -0.2) is 6.04 Å². The molecule has 0 heterocycles. The van der Waals surface area contributed by atoms with Gasteiger partial charge >= 0.3 is 0 Å². The van der Waals surface area contributed by atoms with Crippen molar-refractivity contribution in [3.8, 4) is 0 Å². The molecule has 3 unspecified atom stereocenters. The van der Waals surface area contributed by atoms with Crippen LogP contribution in [0.25, 0.3) is 0 Å². The third kappa shape index (κ3) is 3.79. The zero-order valence-electron chi connectivity index (χ0n) is 12.2. The first kappa shape index (κ1) is 14.5. The van der Waals surface area contributed by atoms with Crippen molar-refractivity contribution in [1.82, 2.24) is 0 Å². The average Bonchev–Trinajstić information content (AvgIpc) is 2.43. The Hall–Kier alpha value is -0.890. The van der Waals surface area contributed by atoms with Crippen LogP contribution in [0.1, 0.15) is 50.2 Å². The molecule has 0 saturated heterocycles. The molecule has 3 atom stereocenters. The van der Waals surface area contributed by atoms with E-state index in [1.54, 1.807) is 6.07 Å². The van der Waals surface area contributed by atoms with Gasteiger partial charge in [-0.3, -0.25) is 0 Å². The minimum atomic E-state index is -0.150. The van der Waals surface area contributed by atoms with E-state index in [0.717, 1.165) is 23.5 Å². The van der Waals surface area contributed by atoms with Crippen LogP contribution in [0.15, 0.2) is 18.2 Å². The first-order chi connectivity index (χ1) is 9.10. The Morgan fingerprint density at radius 3 is 2.89 bits per heavy atom. The van der Waals surface area contributed by atoms with E-state index < -0.39 is 0 Å². The van der Waals surface area contributed by atoms with Crippen molar-refractivity contribution in [1.29, 1.82) is 0 Å². The second kappa shape index (κ2) is 6.51. The van der Waals surface area contributed by atoms with E-state index in [4.69, 9.17) is 5.73 Å². The largest absolute Gasteiger partial charge is 0.327 e. The summed E-state index contributed by atoms with van der Waals surface area (Å²) in [6, 6.07) is 5.20. The minimum absolute atomic E-state index is 0.150. The van der Waals surface area contributed by atoms with E-state index >= 15 is 0 Å². The molecule has 0 amide bonds. The zero-order valence-corrected chi connectivity index (χ0v) is 12.2. The normalized spacial score (nSPS) is 25.3. The molecule has 0 aromatic heterocycles. The standard InChI is InChI=1S/C17H26FN/c1-3-13-5-4-6-14(9-13)17(19)11-15-10-16(18)8-7-12(15)2/h7-8,10,13-14,17H,3-6,9,11,19H2,1-2H3. The van der Waals surface area contributed by atoms with Gasteiger partial charge < -0.3 is 5.73 Å². The molecule has 1 aromatic carbocycles. The lowest BCUT2D eigenvalue weighted by molar-refractivity contribution is 0.228. The second-order valence-corrected chi connectivity index (χ2v) is 6.14. The molecule has 1 fully saturated rings. The molecule has 2 N–H and O–H groups in total. The molecule has 0 radical (unpaired) electrons. The van der Waals surface area contributed by atoms with Crippen molar-refractivity contribution in [2.45, 2.75) is 58.4 Å². The quantitative estimate of drug-likeness (QED) is 0.864. The maximum absolute atomic E-state index is 13.3. The zero-order chi connectivity index (χ0) is 13.8. The summed E-state index contributed by atoms with van der Waals surface area (Å²) in [6.07, 6.45) is 7.24. The van der Waals surface area contributed by atoms with Crippen LogP contribution < -0.4 is 5.73 Å². The van der Waals surface area contributed by atoms with E-state index in [0.29, 0.717) is 5.92 Å². The maximum Gasteiger partial charge on any atom is 0.123 e. The molecule has 19 heavy (non-hydrogen) atoms. The topological polar surface area (TPSA) is 26.0 Å². The smallest absolute Gasteiger partial charge is 0.123 e. The van der Waals surface area contributed by atoms with Gasteiger partial charge in [0.2, 0.25) is 0 Å². The van der Waals surface area contributed by atoms with Crippen LogP contribution in [0.3, 0.4) is 0 Å². The molecule has 1 aliphatic carbocycles. The summed E-state index contributed by atoms with van der Waals surface area (Å²) in [6.45, 7) is 4.31. The van der Waals surface area contributed by atoms with Crippen LogP contribution in [0.4, 0.5) is 4.39 Å². The van der Waals surface area contributed by atoms with Crippen LogP contribution in [-0.2, 0) is 6.42 Å². The molecule has 106 valence electrons. The fourth-order valence-corrected chi connectivity index (χ4v) is 3.37. The molecular formula is C17H26FN. The highest BCUT2D eigenvalue weighted by atomic mass is 19.1. The Labute approximate surface area is 116 Å². The summed E-state index contributed by atoms with van der Waals surface area (Å²) < 4.78 is 13.3. The lowest BCUT2D eigenvalue weighted by Gasteiger charge is -2.32. The Balaban J connectivity index is 2.00. The highest BCUT2D eigenvalue weighted by Crippen LogP contribution is 2.33. The molecular weight excluding hydrogens is 237 g/mol. The van der Waals surface area contributed by atoms with Crippen molar-refractivity contribution in [2.75, 3.05) is 0 Å². The fourth-order valence-electron chi connectivity index (χ4n) is 3.37. The Bertz CT molecular complexity index is 416. The molecule has 0 aliphatic heterocycles. The monoisotopic (exact) mass is 263 g/mol. The van der Waals surface area contributed by atoms with Crippen molar-refractivity contribution in [3.63, 3.8) is 0 Å². The van der Waals surface area contributed by atoms with Crippen molar-refractivity contribution < 1.29 is 4.39 Å². The van der Waals surface area contributed by atoms with Crippen molar-refractivity contribution in [2.24, 2.45) is 17.6 Å². The molecule has 1 aromatic rings. The molecule has 1 nitrogen and oxygen atoms in total. The van der Waals surface area contributed by atoms with Gasteiger partial charge in [0.05, 0.1) is 0 Å². The molecule has 2 rings (SSSR count). The number of halogens is 1. The van der Waals surface area contributed by atoms with Gasteiger partial charge in [-0.25, -0.2) is 4.39 Å². The molecule has 1 saturated carbocycles. The number of hydrogen-bond acceptors (Lipinski definition) is 1. The van der Waals surface area contributed by atoms with Gasteiger partial charge in [0, 0.05) is 6.04 Å². The third-order valence-corrected chi connectivity index (χ3v) is 4.77. The molecule has 0 bridgehead atoms. The van der Waals surface area contributed by atoms with E-state index in [1.165, 1.54) is 38.2 Å². The van der Waals surface area contributed by atoms with Crippen molar-refractivity contribution in [3.05, 3.63) is 35.1 Å². The average molecular weight is 263 g/mol. The first-order valence-corrected chi connectivity index (χ1v) is 7.60. The van der Waals surface area contributed by atoms with Gasteiger partial charge in [-0.1, -0.05) is 32.3 Å². The van der Waals surface area contributed by atoms with Crippen LogP contribution in [0.5, 0.6) is 0 Å². The number of rotatable bonds is 4. The lowest BCUT2D eigenvalue weighted by Crippen LogP contribution is -2.35. The van der Waals surface area contributed by atoms with Crippen LogP contribution >= 0.6 is 0 Å². The number of hydrogen-bond donors (Lipinski definition) is 1. The molecule has 2 heteroatoms. The Morgan fingerprint density at radius 2 is 2.16 bits per heavy atom. The summed E-state index contributed by atoms with van der Waals surface area (Å²) in [4.78, 5) is 0. The summed E-state index contributed by atoms with van der Waals surface area (Å²) in [7, 11) is 0. The Morgan fingerprint density at radius 1 is 1.37 bits per heavy atom. The van der Waals surface area contributed by atoms with E-state index in [-0.39, 0.29) is 11.9 Å². The van der Waals surface area contributed by atoms with Gasteiger partial charge in [0.15, 0.2) is 0 Å². The second-order valence-electron chi connectivity index (χ2n) is 6.14. The van der Waals surface area contributed by atoms with Gasteiger partial charge in [-0.2, -0.15) is 0 Å². The van der Waals surface area contributed by atoms with Gasteiger partial charge in [0.1, 0.15) is 5.82 Å². The number of aryl methyl sites for hydroxylation is 1. The van der Waals surface area contributed by atoms with Gasteiger partial charge in [0.25, 0.3) is 0 Å². The molecule has 1 aliphatic rings. The summed E-state index contributed by atoms with van der Waals surface area (Å²) in [5.74, 6) is 1.31. The number of benzene rings is 1. The highest BCUT2D eigenvalue weighted by molar-refractivity contribution is 5.27. The Kier molecular flexibility index (Phi) is 4.98. The summed E-state index contributed by atoms with van der Waals surface area (Å²) in [5, 5.41) is 0. The fraction of sp³-hybridized carbons (Fsp3) is 0.647. The van der Waals surface area contributed by atoms with E-state index in [2.05, 4.69) is 6.92 Å². The summed E-state index contributed by atoms with van der Waals surface area (Å²) in [5.41, 5.74) is 8.62. The minimum Gasteiger partial charge on any atom is -0.327 e. The summed E-state index contributed by atoms with van der Waals surface area (Å²) >= 11 is 0.